The third-order valence-corrected chi connectivity index (χ3v) is 3.39. The number of amides is 1. The van der Waals surface area contributed by atoms with Gasteiger partial charge in [-0.3, -0.25) is 4.79 Å². The van der Waals surface area contributed by atoms with E-state index < -0.39 is 0 Å². The Morgan fingerprint density at radius 1 is 1.24 bits per heavy atom. The van der Waals surface area contributed by atoms with Crippen LogP contribution in [-0.2, 0) is 16.0 Å². The third-order valence-electron chi connectivity index (χ3n) is 3.39. The van der Waals surface area contributed by atoms with Gasteiger partial charge < -0.3 is 25.0 Å². The first-order valence-electron chi connectivity index (χ1n) is 8.49. The van der Waals surface area contributed by atoms with Crippen LogP contribution in [0.15, 0.2) is 29.3 Å². The number of hydrogen-bond acceptors (Lipinski definition) is 4. The lowest BCUT2D eigenvalue weighted by molar-refractivity contribution is -0.127. The van der Waals surface area contributed by atoms with Crippen LogP contribution < -0.4 is 15.4 Å². The molecule has 25 heavy (non-hydrogen) atoms. The molecule has 0 atom stereocenters. The fourth-order valence-corrected chi connectivity index (χ4v) is 2.02. The standard InChI is InChI=1S/C18H30N4O3/c1-5-25-16-8-6-7-15(13-16)9-10-19-18(20-11-12-24-4)21-14-17(23)22(2)3/h6-8,13H,5,9-12,14H2,1-4H3,(H2,19,20,21). The minimum absolute atomic E-state index is 0.0442. The Bertz CT molecular complexity index is 547. The zero-order chi connectivity index (χ0) is 18.5. The number of ether oxygens (including phenoxy) is 2. The topological polar surface area (TPSA) is 75.2 Å². The van der Waals surface area contributed by atoms with Gasteiger partial charge in [0, 0.05) is 34.3 Å². The van der Waals surface area contributed by atoms with Crippen molar-refractivity contribution in [1.29, 1.82) is 0 Å². The molecule has 0 spiro atoms. The molecule has 0 fully saturated rings. The van der Waals surface area contributed by atoms with Crippen molar-refractivity contribution in [2.24, 2.45) is 4.99 Å². The van der Waals surface area contributed by atoms with E-state index in [1.807, 2.05) is 25.1 Å². The Labute approximate surface area is 150 Å². The summed E-state index contributed by atoms with van der Waals surface area (Å²) in [5.74, 6) is 1.44. The van der Waals surface area contributed by atoms with Gasteiger partial charge >= 0.3 is 0 Å². The van der Waals surface area contributed by atoms with Crippen LogP contribution in [0.1, 0.15) is 12.5 Å². The maximum Gasteiger partial charge on any atom is 0.243 e. The van der Waals surface area contributed by atoms with Gasteiger partial charge in [0.05, 0.1) is 13.2 Å². The number of carbonyl (C=O) groups is 1. The molecule has 0 saturated carbocycles. The van der Waals surface area contributed by atoms with Gasteiger partial charge in [-0.2, -0.15) is 0 Å². The monoisotopic (exact) mass is 350 g/mol. The highest BCUT2D eigenvalue weighted by Gasteiger charge is 2.04. The summed E-state index contributed by atoms with van der Waals surface area (Å²) in [7, 11) is 5.08. The van der Waals surface area contributed by atoms with Crippen LogP contribution in [0.2, 0.25) is 0 Å². The predicted molar refractivity (Wildman–Crippen MR) is 100 cm³/mol. The van der Waals surface area contributed by atoms with E-state index in [9.17, 15) is 4.79 Å². The highest BCUT2D eigenvalue weighted by atomic mass is 16.5. The summed E-state index contributed by atoms with van der Waals surface area (Å²) in [5, 5.41) is 6.40. The summed E-state index contributed by atoms with van der Waals surface area (Å²) in [6, 6.07) is 8.04. The van der Waals surface area contributed by atoms with Crippen molar-refractivity contribution in [3.05, 3.63) is 29.8 Å². The Morgan fingerprint density at radius 2 is 2.00 bits per heavy atom. The van der Waals surface area contributed by atoms with Crippen LogP contribution in [0, 0.1) is 0 Å². The van der Waals surface area contributed by atoms with Crippen LogP contribution in [0.3, 0.4) is 0 Å². The molecule has 140 valence electrons. The summed E-state index contributed by atoms with van der Waals surface area (Å²) in [6.07, 6.45) is 0.827. The van der Waals surface area contributed by atoms with Gasteiger partial charge in [0.25, 0.3) is 0 Å². The molecule has 0 radical (unpaired) electrons. The summed E-state index contributed by atoms with van der Waals surface area (Å²) in [4.78, 5) is 17.5. The molecule has 0 aliphatic heterocycles. The molecule has 1 aromatic carbocycles. The van der Waals surface area contributed by atoms with E-state index >= 15 is 0 Å². The van der Waals surface area contributed by atoms with Gasteiger partial charge in [-0.1, -0.05) is 12.1 Å². The average Bonchev–Trinajstić information content (AvgIpc) is 2.59. The minimum atomic E-state index is -0.0442. The number of likely N-dealkylation sites (N-methyl/N-ethyl adjacent to an activating group) is 1. The molecule has 1 amide bonds. The Kier molecular flexibility index (Phi) is 10.1. The van der Waals surface area contributed by atoms with Crippen molar-refractivity contribution >= 4 is 11.9 Å². The Morgan fingerprint density at radius 3 is 2.68 bits per heavy atom. The number of benzene rings is 1. The summed E-state index contributed by atoms with van der Waals surface area (Å²) >= 11 is 0. The Hall–Kier alpha value is -2.28. The molecule has 7 nitrogen and oxygen atoms in total. The van der Waals surface area contributed by atoms with Gasteiger partial charge in [0.15, 0.2) is 5.96 Å². The first-order valence-corrected chi connectivity index (χ1v) is 8.49. The molecule has 0 bridgehead atoms. The third kappa shape index (κ3) is 8.95. The summed E-state index contributed by atoms with van der Waals surface area (Å²) in [5.41, 5.74) is 1.18. The molecule has 0 saturated heterocycles. The highest BCUT2D eigenvalue weighted by molar-refractivity contribution is 5.84. The molecule has 1 rings (SSSR count). The molecule has 0 aliphatic carbocycles. The zero-order valence-corrected chi connectivity index (χ0v) is 15.7. The van der Waals surface area contributed by atoms with Crippen molar-refractivity contribution in [1.82, 2.24) is 15.5 Å². The van der Waals surface area contributed by atoms with E-state index in [0.29, 0.717) is 32.3 Å². The van der Waals surface area contributed by atoms with Crippen molar-refractivity contribution in [3.63, 3.8) is 0 Å². The molecule has 2 N–H and O–H groups in total. The predicted octanol–water partition coefficient (Wildman–Crippen LogP) is 0.898. The molecule has 0 aliphatic rings. The van der Waals surface area contributed by atoms with Crippen molar-refractivity contribution in [3.8, 4) is 5.75 Å². The second-order valence-electron chi connectivity index (χ2n) is 5.63. The van der Waals surface area contributed by atoms with E-state index in [-0.39, 0.29) is 12.5 Å². The second-order valence-corrected chi connectivity index (χ2v) is 5.63. The molecule has 0 heterocycles. The first kappa shape index (κ1) is 20.8. The number of aliphatic imine (C=N–C) groups is 1. The number of methoxy groups -OCH3 is 1. The molecule has 0 unspecified atom stereocenters. The van der Waals surface area contributed by atoms with Crippen LogP contribution in [0.25, 0.3) is 0 Å². The van der Waals surface area contributed by atoms with E-state index in [0.717, 1.165) is 12.2 Å². The number of guanidine groups is 1. The number of nitrogens with one attached hydrogen (secondary N) is 2. The van der Waals surface area contributed by atoms with Gasteiger partial charge in [0.1, 0.15) is 12.3 Å². The number of rotatable bonds is 10. The van der Waals surface area contributed by atoms with Crippen molar-refractivity contribution < 1.29 is 14.3 Å². The van der Waals surface area contributed by atoms with E-state index in [1.54, 1.807) is 21.2 Å². The molecule has 0 aromatic heterocycles. The largest absolute Gasteiger partial charge is 0.494 e. The first-order chi connectivity index (χ1) is 12.1. The quantitative estimate of drug-likeness (QED) is 0.372. The van der Waals surface area contributed by atoms with Crippen molar-refractivity contribution in [2.45, 2.75) is 13.3 Å². The lowest BCUT2D eigenvalue weighted by Gasteiger charge is -2.14. The number of carbonyl (C=O) groups excluding carboxylic acids is 1. The normalized spacial score (nSPS) is 11.1. The Balaban J connectivity index is 2.54. The fraction of sp³-hybridized carbons (Fsp3) is 0.556. The average molecular weight is 350 g/mol. The fourth-order valence-electron chi connectivity index (χ4n) is 2.02. The molecule has 1 aromatic rings. The van der Waals surface area contributed by atoms with Gasteiger partial charge in [-0.05, 0) is 31.0 Å². The maximum absolute atomic E-state index is 11.7. The van der Waals surface area contributed by atoms with E-state index in [1.165, 1.54) is 10.5 Å². The summed E-state index contributed by atoms with van der Waals surface area (Å²) < 4.78 is 10.5. The molecule has 7 heteroatoms. The van der Waals surface area contributed by atoms with Crippen LogP contribution in [-0.4, -0.2) is 70.8 Å². The van der Waals surface area contributed by atoms with Crippen LogP contribution in [0.4, 0.5) is 0 Å². The number of hydrogen-bond donors (Lipinski definition) is 2. The molecular formula is C18H30N4O3. The second kappa shape index (κ2) is 12.1. The smallest absolute Gasteiger partial charge is 0.243 e. The summed E-state index contributed by atoms with van der Waals surface area (Å²) in [6.45, 7) is 4.62. The number of nitrogens with zero attached hydrogens (tertiary/aromatic N) is 2. The van der Waals surface area contributed by atoms with Gasteiger partial charge in [-0.25, -0.2) is 4.99 Å². The maximum atomic E-state index is 11.7. The lowest BCUT2D eigenvalue weighted by atomic mass is 10.1. The lowest BCUT2D eigenvalue weighted by Crippen LogP contribution is -2.40. The van der Waals surface area contributed by atoms with Crippen LogP contribution >= 0.6 is 0 Å². The minimum Gasteiger partial charge on any atom is -0.494 e. The van der Waals surface area contributed by atoms with Crippen molar-refractivity contribution in [2.75, 3.05) is 54.1 Å². The van der Waals surface area contributed by atoms with E-state index in [4.69, 9.17) is 9.47 Å². The van der Waals surface area contributed by atoms with Crippen LogP contribution in [0.5, 0.6) is 5.75 Å². The highest BCUT2D eigenvalue weighted by Crippen LogP contribution is 2.13. The van der Waals surface area contributed by atoms with Gasteiger partial charge in [0.2, 0.25) is 5.91 Å². The van der Waals surface area contributed by atoms with E-state index in [2.05, 4.69) is 21.7 Å². The van der Waals surface area contributed by atoms with Gasteiger partial charge in [-0.15, -0.1) is 0 Å². The zero-order valence-electron chi connectivity index (χ0n) is 15.7. The molecular weight excluding hydrogens is 320 g/mol. The SMILES string of the molecule is CCOc1cccc(CCNC(=NCC(=O)N(C)C)NCCOC)c1.